The fourth-order valence-electron chi connectivity index (χ4n) is 7.02. The summed E-state index contributed by atoms with van der Waals surface area (Å²) in [5, 5.41) is 7.70. The van der Waals surface area contributed by atoms with Crippen molar-refractivity contribution in [3.8, 4) is 11.4 Å². The zero-order valence-electron chi connectivity index (χ0n) is 17.6. The van der Waals surface area contributed by atoms with Crippen LogP contribution in [0.4, 0.5) is 4.79 Å². The molecule has 0 spiro atoms. The second-order valence-corrected chi connectivity index (χ2v) is 10.3. The molecule has 4 saturated carbocycles. The number of likely N-dealkylation sites (tertiary alicyclic amines) is 1. The Morgan fingerprint density at radius 3 is 2.43 bits per heavy atom. The maximum absolute atomic E-state index is 13.4. The van der Waals surface area contributed by atoms with E-state index in [1.807, 2.05) is 29.2 Å². The number of hydrogen-bond donors (Lipinski definition) is 1. The Morgan fingerprint density at radius 2 is 1.77 bits per heavy atom. The monoisotopic (exact) mass is 406 g/mol. The van der Waals surface area contributed by atoms with Crippen molar-refractivity contribution in [1.29, 1.82) is 0 Å². The van der Waals surface area contributed by atoms with Crippen molar-refractivity contribution in [2.45, 2.75) is 69.9 Å². The molecular formula is C24H30N4O2. The topological polar surface area (TPSA) is 71.3 Å². The molecule has 7 rings (SSSR count). The average molecular weight is 407 g/mol. The molecule has 30 heavy (non-hydrogen) atoms. The maximum atomic E-state index is 13.4. The Kier molecular flexibility index (Phi) is 4.19. The van der Waals surface area contributed by atoms with Crippen molar-refractivity contribution in [1.82, 2.24) is 20.4 Å². The van der Waals surface area contributed by atoms with E-state index in [0.717, 1.165) is 42.7 Å². The van der Waals surface area contributed by atoms with Crippen LogP contribution in [0, 0.1) is 24.7 Å². The van der Waals surface area contributed by atoms with Crippen molar-refractivity contribution in [3.63, 3.8) is 0 Å². The minimum Gasteiger partial charge on any atom is -0.337 e. The summed E-state index contributed by atoms with van der Waals surface area (Å²) in [6.07, 6.45) is 9.50. The van der Waals surface area contributed by atoms with E-state index >= 15 is 0 Å². The Morgan fingerprint density at radius 1 is 1.10 bits per heavy atom. The zero-order valence-corrected chi connectivity index (χ0v) is 17.6. The number of benzene rings is 1. The lowest BCUT2D eigenvalue weighted by Gasteiger charge is -2.57. The van der Waals surface area contributed by atoms with Gasteiger partial charge in [-0.3, -0.25) is 0 Å². The molecule has 0 radical (unpaired) electrons. The lowest BCUT2D eigenvalue weighted by Crippen LogP contribution is -2.61. The summed E-state index contributed by atoms with van der Waals surface area (Å²) in [4.78, 5) is 19.9. The number of nitrogens with one attached hydrogen (secondary N) is 1. The molecule has 2 amide bonds. The first-order valence-electron chi connectivity index (χ1n) is 11.6. The quantitative estimate of drug-likeness (QED) is 0.790. The van der Waals surface area contributed by atoms with Gasteiger partial charge in [-0.25, -0.2) is 4.79 Å². The number of hydrogen-bond acceptors (Lipinski definition) is 4. The normalized spacial score (nSPS) is 34.5. The summed E-state index contributed by atoms with van der Waals surface area (Å²) in [6.45, 7) is 2.81. The highest BCUT2D eigenvalue weighted by atomic mass is 16.5. The molecular weight excluding hydrogens is 376 g/mol. The molecule has 1 aromatic carbocycles. The Hall–Kier alpha value is -2.37. The van der Waals surface area contributed by atoms with E-state index in [1.165, 1.54) is 44.1 Å². The summed E-state index contributed by atoms with van der Waals surface area (Å²) in [6, 6.07) is 8.06. The van der Waals surface area contributed by atoms with Crippen molar-refractivity contribution in [2.75, 3.05) is 6.54 Å². The molecule has 5 fully saturated rings. The number of aromatic nitrogens is 2. The van der Waals surface area contributed by atoms with Gasteiger partial charge in [0.1, 0.15) is 6.04 Å². The van der Waals surface area contributed by atoms with Crippen molar-refractivity contribution in [2.24, 2.45) is 17.8 Å². The molecule has 2 heterocycles. The van der Waals surface area contributed by atoms with Gasteiger partial charge in [0.25, 0.3) is 0 Å². The summed E-state index contributed by atoms with van der Waals surface area (Å²) in [5.41, 5.74) is 2.17. The van der Waals surface area contributed by atoms with E-state index in [2.05, 4.69) is 22.4 Å². The fourth-order valence-corrected chi connectivity index (χ4v) is 7.02. The van der Waals surface area contributed by atoms with Crippen LogP contribution in [0.5, 0.6) is 0 Å². The highest BCUT2D eigenvalue weighted by Crippen LogP contribution is 2.55. The number of carbonyl (C=O) groups excluding carboxylic acids is 1. The molecule has 1 aromatic heterocycles. The first kappa shape index (κ1) is 18.4. The number of rotatable bonds is 3. The van der Waals surface area contributed by atoms with Crippen LogP contribution < -0.4 is 5.32 Å². The zero-order chi connectivity index (χ0) is 20.3. The van der Waals surface area contributed by atoms with Crippen LogP contribution in [0.25, 0.3) is 11.4 Å². The van der Waals surface area contributed by atoms with Gasteiger partial charge in [0, 0.05) is 17.6 Å². The summed E-state index contributed by atoms with van der Waals surface area (Å²) in [7, 11) is 0. The summed E-state index contributed by atoms with van der Waals surface area (Å²) in [5.74, 6) is 3.61. The van der Waals surface area contributed by atoms with E-state index < -0.39 is 0 Å². The van der Waals surface area contributed by atoms with Crippen LogP contribution in [0.15, 0.2) is 28.8 Å². The molecule has 1 atom stereocenters. The molecule has 1 saturated heterocycles. The molecule has 4 aliphatic carbocycles. The Balaban J connectivity index is 1.19. The van der Waals surface area contributed by atoms with Crippen molar-refractivity contribution >= 4 is 6.03 Å². The first-order chi connectivity index (χ1) is 14.6. The summed E-state index contributed by atoms with van der Waals surface area (Å²) < 4.78 is 5.62. The van der Waals surface area contributed by atoms with E-state index in [0.29, 0.717) is 11.7 Å². The van der Waals surface area contributed by atoms with E-state index in [9.17, 15) is 4.79 Å². The number of carbonyl (C=O) groups is 1. The van der Waals surface area contributed by atoms with Gasteiger partial charge in [0.05, 0.1) is 0 Å². The van der Waals surface area contributed by atoms with Crippen LogP contribution in [-0.4, -0.2) is 33.2 Å². The Labute approximate surface area is 177 Å². The second-order valence-electron chi connectivity index (χ2n) is 10.3. The van der Waals surface area contributed by atoms with E-state index in [1.54, 1.807) is 0 Å². The van der Waals surface area contributed by atoms with Crippen molar-refractivity contribution in [3.05, 3.63) is 35.7 Å². The number of amides is 2. The number of nitrogens with zero attached hydrogens (tertiary/aromatic N) is 3. The predicted octanol–water partition coefficient (Wildman–Crippen LogP) is 4.86. The molecule has 2 aromatic rings. The molecule has 4 bridgehead atoms. The highest BCUT2D eigenvalue weighted by Gasteiger charge is 2.52. The van der Waals surface area contributed by atoms with E-state index in [-0.39, 0.29) is 17.6 Å². The van der Waals surface area contributed by atoms with Gasteiger partial charge in [-0.15, -0.1) is 0 Å². The fraction of sp³-hybridized carbons (Fsp3) is 0.625. The van der Waals surface area contributed by atoms with Gasteiger partial charge < -0.3 is 14.7 Å². The third kappa shape index (κ3) is 3.12. The summed E-state index contributed by atoms with van der Waals surface area (Å²) >= 11 is 0. The maximum Gasteiger partial charge on any atom is 0.318 e. The van der Waals surface area contributed by atoms with Gasteiger partial charge in [-0.1, -0.05) is 35.0 Å². The molecule has 1 N–H and O–H groups in total. The minimum atomic E-state index is -0.120. The van der Waals surface area contributed by atoms with Crippen LogP contribution in [-0.2, 0) is 0 Å². The first-order valence-corrected chi connectivity index (χ1v) is 11.6. The average Bonchev–Trinajstić information content (AvgIpc) is 3.36. The molecule has 6 heteroatoms. The number of urea groups is 1. The van der Waals surface area contributed by atoms with Crippen LogP contribution in [0.1, 0.15) is 68.9 Å². The van der Waals surface area contributed by atoms with Gasteiger partial charge >= 0.3 is 6.03 Å². The molecule has 6 nitrogen and oxygen atoms in total. The molecule has 158 valence electrons. The SMILES string of the molecule is Cc1ccc(-c2noc(C3CCCN3C(=O)NC34CC5CC(CC(C5)C3)C4)n2)cc1. The molecule has 5 aliphatic rings. The number of aryl methyl sites for hydroxylation is 1. The van der Waals surface area contributed by atoms with Gasteiger partial charge in [0.15, 0.2) is 0 Å². The standard InChI is InChI=1S/C24H30N4O2/c1-15-4-6-19(7-5-15)21-25-22(30-27-21)20-3-2-8-28(20)23(29)26-24-12-16-9-17(13-24)11-18(10-16)14-24/h4-7,16-18,20H,2-3,8-14H2,1H3,(H,26,29). The lowest BCUT2D eigenvalue weighted by atomic mass is 9.53. The van der Waals surface area contributed by atoms with Crippen LogP contribution in [0.3, 0.4) is 0 Å². The van der Waals surface area contributed by atoms with Crippen LogP contribution >= 0.6 is 0 Å². The van der Waals surface area contributed by atoms with Gasteiger partial charge in [-0.2, -0.15) is 4.98 Å². The largest absolute Gasteiger partial charge is 0.337 e. The van der Waals surface area contributed by atoms with E-state index in [4.69, 9.17) is 4.52 Å². The third-order valence-corrected chi connectivity index (χ3v) is 7.96. The third-order valence-electron chi connectivity index (χ3n) is 7.96. The van der Waals surface area contributed by atoms with Gasteiger partial charge in [-0.05, 0) is 76.0 Å². The molecule has 1 unspecified atom stereocenters. The van der Waals surface area contributed by atoms with Gasteiger partial charge in [0.2, 0.25) is 11.7 Å². The Bertz CT molecular complexity index is 915. The predicted molar refractivity (Wildman–Crippen MR) is 113 cm³/mol. The smallest absolute Gasteiger partial charge is 0.318 e. The molecule has 1 aliphatic heterocycles. The van der Waals surface area contributed by atoms with Crippen LogP contribution in [0.2, 0.25) is 0 Å². The van der Waals surface area contributed by atoms with Crippen molar-refractivity contribution < 1.29 is 9.32 Å². The highest BCUT2D eigenvalue weighted by molar-refractivity contribution is 5.76. The second kappa shape index (κ2) is 6.82. The lowest BCUT2D eigenvalue weighted by molar-refractivity contribution is -0.0160. The minimum absolute atomic E-state index is 0.0286.